The number of carbonyl (C=O) groups is 1. The molecule has 1 amide bonds. The topological polar surface area (TPSA) is 62.5 Å². The van der Waals surface area contributed by atoms with E-state index in [1.165, 1.54) is 0 Å². The van der Waals surface area contributed by atoms with Gasteiger partial charge in [-0.1, -0.05) is 6.07 Å². The van der Waals surface area contributed by atoms with Crippen molar-refractivity contribution in [2.75, 3.05) is 31.1 Å². The zero-order chi connectivity index (χ0) is 15.5. The highest BCUT2D eigenvalue weighted by atomic mass is 16.4. The van der Waals surface area contributed by atoms with Gasteiger partial charge in [-0.15, -0.1) is 0 Å². The van der Waals surface area contributed by atoms with E-state index in [1.54, 1.807) is 13.1 Å². The highest BCUT2D eigenvalue weighted by molar-refractivity contribution is 5.78. The Bertz CT molecular complexity index is 645. The SMILES string of the molecule is Cc1nc(C)c(CC(=O)N2CCN(c3ccccn3)CC2)o1. The molecule has 6 nitrogen and oxygen atoms in total. The second-order valence-corrected chi connectivity index (χ2v) is 5.47. The lowest BCUT2D eigenvalue weighted by Gasteiger charge is -2.35. The number of rotatable bonds is 3. The zero-order valence-corrected chi connectivity index (χ0v) is 13.0. The predicted octanol–water partition coefficient (Wildman–Crippen LogP) is 1.58. The molecule has 0 N–H and O–H groups in total. The molecule has 2 aromatic heterocycles. The summed E-state index contributed by atoms with van der Waals surface area (Å²) in [6, 6.07) is 5.89. The lowest BCUT2D eigenvalue weighted by Crippen LogP contribution is -2.49. The minimum absolute atomic E-state index is 0.0971. The number of hydrogen-bond donors (Lipinski definition) is 0. The van der Waals surface area contributed by atoms with Crippen molar-refractivity contribution in [2.24, 2.45) is 0 Å². The second kappa shape index (κ2) is 6.17. The van der Waals surface area contributed by atoms with Crippen LogP contribution in [0.5, 0.6) is 0 Å². The molecule has 22 heavy (non-hydrogen) atoms. The Hall–Kier alpha value is -2.37. The fourth-order valence-electron chi connectivity index (χ4n) is 2.71. The van der Waals surface area contributed by atoms with Crippen LogP contribution in [0, 0.1) is 13.8 Å². The second-order valence-electron chi connectivity index (χ2n) is 5.47. The highest BCUT2D eigenvalue weighted by Crippen LogP contribution is 2.15. The molecular formula is C16H20N4O2. The van der Waals surface area contributed by atoms with Crippen molar-refractivity contribution in [1.82, 2.24) is 14.9 Å². The van der Waals surface area contributed by atoms with E-state index < -0.39 is 0 Å². The number of hydrogen-bond acceptors (Lipinski definition) is 5. The van der Waals surface area contributed by atoms with Crippen LogP contribution >= 0.6 is 0 Å². The number of anilines is 1. The molecule has 0 saturated carbocycles. The van der Waals surface area contributed by atoms with Crippen LogP contribution in [-0.2, 0) is 11.2 Å². The quantitative estimate of drug-likeness (QED) is 0.861. The molecular weight excluding hydrogens is 280 g/mol. The van der Waals surface area contributed by atoms with Crippen molar-refractivity contribution in [3.63, 3.8) is 0 Å². The van der Waals surface area contributed by atoms with E-state index in [9.17, 15) is 4.79 Å². The molecule has 0 atom stereocenters. The number of aryl methyl sites for hydroxylation is 2. The Morgan fingerprint density at radius 1 is 1.23 bits per heavy atom. The van der Waals surface area contributed by atoms with Crippen LogP contribution in [0.4, 0.5) is 5.82 Å². The van der Waals surface area contributed by atoms with Gasteiger partial charge in [-0.3, -0.25) is 4.79 Å². The third-order valence-electron chi connectivity index (χ3n) is 3.92. The summed E-state index contributed by atoms with van der Waals surface area (Å²) in [6.07, 6.45) is 2.08. The average molecular weight is 300 g/mol. The lowest BCUT2D eigenvalue weighted by atomic mass is 10.2. The molecule has 2 aromatic rings. The van der Waals surface area contributed by atoms with Gasteiger partial charge in [-0.05, 0) is 19.1 Å². The Balaban J connectivity index is 1.57. The van der Waals surface area contributed by atoms with Crippen molar-refractivity contribution in [1.29, 1.82) is 0 Å². The predicted molar refractivity (Wildman–Crippen MR) is 82.7 cm³/mol. The first-order valence-corrected chi connectivity index (χ1v) is 7.50. The van der Waals surface area contributed by atoms with Gasteiger partial charge in [0.1, 0.15) is 11.6 Å². The van der Waals surface area contributed by atoms with E-state index in [4.69, 9.17) is 4.42 Å². The molecule has 1 fully saturated rings. The molecule has 3 rings (SSSR count). The van der Waals surface area contributed by atoms with Gasteiger partial charge in [0.25, 0.3) is 0 Å². The zero-order valence-electron chi connectivity index (χ0n) is 13.0. The van der Waals surface area contributed by atoms with Crippen LogP contribution in [0.15, 0.2) is 28.8 Å². The van der Waals surface area contributed by atoms with Crippen LogP contribution in [-0.4, -0.2) is 47.0 Å². The van der Waals surface area contributed by atoms with Gasteiger partial charge >= 0.3 is 0 Å². The van der Waals surface area contributed by atoms with Gasteiger partial charge < -0.3 is 14.2 Å². The number of amides is 1. The fraction of sp³-hybridized carbons (Fsp3) is 0.438. The van der Waals surface area contributed by atoms with Gasteiger partial charge in [-0.2, -0.15) is 0 Å². The van der Waals surface area contributed by atoms with Gasteiger partial charge in [0, 0.05) is 39.3 Å². The van der Waals surface area contributed by atoms with E-state index in [2.05, 4.69) is 14.9 Å². The van der Waals surface area contributed by atoms with E-state index in [0.717, 1.165) is 24.6 Å². The molecule has 1 aliphatic heterocycles. The monoisotopic (exact) mass is 300 g/mol. The van der Waals surface area contributed by atoms with Crippen molar-refractivity contribution < 1.29 is 9.21 Å². The minimum atomic E-state index is 0.0971. The summed E-state index contributed by atoms with van der Waals surface area (Å²) >= 11 is 0. The Morgan fingerprint density at radius 2 is 2.00 bits per heavy atom. The summed E-state index contributed by atoms with van der Waals surface area (Å²) < 4.78 is 5.49. The number of oxazole rings is 1. The third kappa shape index (κ3) is 3.10. The summed E-state index contributed by atoms with van der Waals surface area (Å²) in [5.41, 5.74) is 0.804. The normalized spacial score (nSPS) is 15.2. The first-order valence-electron chi connectivity index (χ1n) is 7.50. The molecule has 0 aromatic carbocycles. The summed E-state index contributed by atoms with van der Waals surface area (Å²) in [5, 5.41) is 0. The molecule has 1 saturated heterocycles. The van der Waals surface area contributed by atoms with Crippen LogP contribution in [0.2, 0.25) is 0 Å². The maximum atomic E-state index is 12.4. The van der Waals surface area contributed by atoms with Crippen LogP contribution in [0.3, 0.4) is 0 Å². The van der Waals surface area contributed by atoms with Gasteiger partial charge in [-0.25, -0.2) is 9.97 Å². The van der Waals surface area contributed by atoms with Gasteiger partial charge in [0.15, 0.2) is 5.89 Å². The maximum absolute atomic E-state index is 12.4. The molecule has 3 heterocycles. The smallest absolute Gasteiger partial charge is 0.230 e. The molecule has 0 unspecified atom stereocenters. The number of carbonyl (C=O) groups excluding carboxylic acids is 1. The number of pyridine rings is 1. The number of nitrogens with zero attached hydrogens (tertiary/aromatic N) is 4. The van der Waals surface area contributed by atoms with E-state index in [1.807, 2.05) is 30.0 Å². The van der Waals surface area contributed by atoms with Crippen LogP contribution in [0.25, 0.3) is 0 Å². The highest BCUT2D eigenvalue weighted by Gasteiger charge is 2.23. The lowest BCUT2D eigenvalue weighted by molar-refractivity contribution is -0.131. The first-order chi connectivity index (χ1) is 10.6. The van der Waals surface area contributed by atoms with E-state index >= 15 is 0 Å². The fourth-order valence-corrected chi connectivity index (χ4v) is 2.71. The summed E-state index contributed by atoms with van der Waals surface area (Å²) in [7, 11) is 0. The molecule has 0 radical (unpaired) electrons. The van der Waals surface area contributed by atoms with E-state index in [0.29, 0.717) is 24.7 Å². The largest absolute Gasteiger partial charge is 0.445 e. The standard InChI is InChI=1S/C16H20N4O2/c1-12-14(22-13(2)18-12)11-16(21)20-9-7-19(8-10-20)15-5-3-4-6-17-15/h3-6H,7-11H2,1-2H3. The van der Waals surface area contributed by atoms with Crippen molar-refractivity contribution in [3.05, 3.63) is 41.7 Å². The summed E-state index contributed by atoms with van der Waals surface area (Å²) in [6.45, 7) is 6.70. The maximum Gasteiger partial charge on any atom is 0.230 e. The third-order valence-corrected chi connectivity index (χ3v) is 3.92. The van der Waals surface area contributed by atoms with Crippen molar-refractivity contribution >= 4 is 11.7 Å². The average Bonchev–Trinajstić information content (AvgIpc) is 2.86. The molecule has 116 valence electrons. The molecule has 1 aliphatic rings. The first kappa shape index (κ1) is 14.6. The summed E-state index contributed by atoms with van der Waals surface area (Å²) in [5.74, 6) is 2.35. The summed E-state index contributed by atoms with van der Waals surface area (Å²) in [4.78, 5) is 25.0. The molecule has 0 spiro atoms. The van der Waals surface area contributed by atoms with Crippen molar-refractivity contribution in [2.45, 2.75) is 20.3 Å². The molecule has 6 heteroatoms. The molecule has 0 aliphatic carbocycles. The Labute approximate surface area is 129 Å². The number of aromatic nitrogens is 2. The van der Waals surface area contributed by atoms with Crippen molar-refractivity contribution in [3.8, 4) is 0 Å². The Morgan fingerprint density at radius 3 is 2.59 bits per heavy atom. The number of piperazine rings is 1. The van der Waals surface area contributed by atoms with Crippen LogP contribution < -0.4 is 4.90 Å². The van der Waals surface area contributed by atoms with Crippen LogP contribution in [0.1, 0.15) is 17.3 Å². The Kier molecular flexibility index (Phi) is 4.09. The molecule has 0 bridgehead atoms. The van der Waals surface area contributed by atoms with E-state index in [-0.39, 0.29) is 12.3 Å². The van der Waals surface area contributed by atoms with Gasteiger partial charge in [0.05, 0.1) is 12.1 Å². The minimum Gasteiger partial charge on any atom is -0.445 e. The van der Waals surface area contributed by atoms with Gasteiger partial charge in [0.2, 0.25) is 5.91 Å².